The number of aromatic nitrogens is 5. The van der Waals surface area contributed by atoms with E-state index in [1.165, 1.54) is 34.5 Å². The molecule has 2 aromatic rings. The lowest BCUT2D eigenvalue weighted by molar-refractivity contribution is 0.0725. The van der Waals surface area contributed by atoms with E-state index in [-0.39, 0.29) is 30.6 Å². The Bertz CT molecular complexity index is 542. The molecule has 19 heavy (non-hydrogen) atoms. The van der Waals surface area contributed by atoms with Gasteiger partial charge in [-0.25, -0.2) is 9.97 Å². The van der Waals surface area contributed by atoms with Crippen molar-refractivity contribution >= 4 is 5.91 Å². The lowest BCUT2D eigenvalue weighted by atomic mass is 10.3. The summed E-state index contributed by atoms with van der Waals surface area (Å²) < 4.78 is 0. The molecule has 0 saturated heterocycles. The average molecular weight is 262 g/mol. The van der Waals surface area contributed by atoms with E-state index in [1.807, 2.05) is 6.92 Å². The van der Waals surface area contributed by atoms with E-state index < -0.39 is 0 Å². The highest BCUT2D eigenvalue weighted by Crippen LogP contribution is 2.09. The van der Waals surface area contributed by atoms with Gasteiger partial charge in [-0.05, 0) is 6.92 Å². The number of hydrogen-bond donors (Lipinski definition) is 1. The van der Waals surface area contributed by atoms with Crippen molar-refractivity contribution in [1.82, 2.24) is 29.9 Å². The molecule has 0 aliphatic rings. The van der Waals surface area contributed by atoms with Gasteiger partial charge in [0.15, 0.2) is 5.69 Å². The molecule has 0 aliphatic heterocycles. The van der Waals surface area contributed by atoms with Crippen molar-refractivity contribution in [2.75, 3.05) is 19.7 Å². The van der Waals surface area contributed by atoms with Crippen LogP contribution in [0.4, 0.5) is 0 Å². The summed E-state index contributed by atoms with van der Waals surface area (Å²) in [5.41, 5.74) is 0.161. The van der Waals surface area contributed by atoms with E-state index >= 15 is 0 Å². The number of carbonyl (C=O) groups is 1. The van der Waals surface area contributed by atoms with E-state index in [4.69, 9.17) is 5.11 Å². The number of hydrogen-bond acceptors (Lipinski definition) is 6. The predicted octanol–water partition coefficient (Wildman–Crippen LogP) is -0.488. The maximum atomic E-state index is 12.3. The summed E-state index contributed by atoms with van der Waals surface area (Å²) in [6.07, 6.45) is 5.90. The summed E-state index contributed by atoms with van der Waals surface area (Å²) in [5.74, 6) is -0.0363. The van der Waals surface area contributed by atoms with Gasteiger partial charge in [-0.1, -0.05) is 0 Å². The standard InChI is InChI=1S/C11H14N6O2/c1-2-16(7-8-18)11(19)9-10(13-4-3-12-9)17-14-5-6-15-17/h3-6,18H,2,7-8H2,1H3. The smallest absolute Gasteiger partial charge is 0.276 e. The molecule has 1 N–H and O–H groups in total. The van der Waals surface area contributed by atoms with Crippen molar-refractivity contribution in [3.8, 4) is 5.82 Å². The molecule has 2 heterocycles. The Kier molecular flexibility index (Phi) is 4.14. The molecule has 0 spiro atoms. The zero-order chi connectivity index (χ0) is 13.7. The van der Waals surface area contributed by atoms with Crippen LogP contribution in [0.1, 0.15) is 17.4 Å². The highest BCUT2D eigenvalue weighted by atomic mass is 16.3. The topological polar surface area (TPSA) is 97.0 Å². The molecule has 0 saturated carbocycles. The third kappa shape index (κ3) is 2.74. The molecule has 0 unspecified atom stereocenters. The van der Waals surface area contributed by atoms with E-state index in [0.29, 0.717) is 6.54 Å². The highest BCUT2D eigenvalue weighted by Gasteiger charge is 2.21. The molecule has 1 amide bonds. The number of carbonyl (C=O) groups excluding carboxylic acids is 1. The summed E-state index contributed by atoms with van der Waals surface area (Å²) in [6.45, 7) is 2.45. The first-order valence-corrected chi connectivity index (χ1v) is 5.85. The van der Waals surface area contributed by atoms with Crippen LogP contribution in [-0.2, 0) is 0 Å². The summed E-state index contributed by atoms with van der Waals surface area (Å²) >= 11 is 0. The number of aliphatic hydroxyl groups is 1. The first-order valence-electron chi connectivity index (χ1n) is 5.85. The van der Waals surface area contributed by atoms with E-state index in [9.17, 15) is 4.79 Å². The van der Waals surface area contributed by atoms with Crippen molar-refractivity contribution in [2.24, 2.45) is 0 Å². The minimum absolute atomic E-state index is 0.102. The highest BCUT2D eigenvalue weighted by molar-refractivity contribution is 5.95. The normalized spacial score (nSPS) is 10.4. The van der Waals surface area contributed by atoms with Gasteiger partial charge in [0.25, 0.3) is 5.91 Å². The van der Waals surface area contributed by atoms with Crippen LogP contribution in [0.15, 0.2) is 24.8 Å². The fourth-order valence-electron chi connectivity index (χ4n) is 1.63. The van der Waals surface area contributed by atoms with Gasteiger partial charge in [0.05, 0.1) is 19.0 Å². The Balaban J connectivity index is 2.37. The van der Waals surface area contributed by atoms with Gasteiger partial charge in [-0.15, -0.1) is 4.80 Å². The Morgan fingerprint density at radius 1 is 1.26 bits per heavy atom. The molecule has 0 radical (unpaired) electrons. The van der Waals surface area contributed by atoms with Crippen LogP contribution in [0.5, 0.6) is 0 Å². The molecule has 0 bridgehead atoms. The van der Waals surface area contributed by atoms with Gasteiger partial charge >= 0.3 is 0 Å². The molecule has 0 fully saturated rings. The molecule has 8 nitrogen and oxygen atoms in total. The Morgan fingerprint density at radius 2 is 1.95 bits per heavy atom. The van der Waals surface area contributed by atoms with Crippen LogP contribution in [0.25, 0.3) is 5.82 Å². The number of likely N-dealkylation sites (N-methyl/N-ethyl adjacent to an activating group) is 1. The second-order valence-electron chi connectivity index (χ2n) is 3.66. The van der Waals surface area contributed by atoms with E-state index in [2.05, 4.69) is 20.2 Å². The first-order chi connectivity index (χ1) is 9.27. The molecule has 2 aromatic heterocycles. The van der Waals surface area contributed by atoms with Gasteiger partial charge in [0.1, 0.15) is 0 Å². The van der Waals surface area contributed by atoms with Crippen LogP contribution in [-0.4, -0.2) is 60.6 Å². The fraction of sp³-hybridized carbons (Fsp3) is 0.364. The third-order valence-electron chi connectivity index (χ3n) is 2.53. The van der Waals surface area contributed by atoms with Crippen LogP contribution >= 0.6 is 0 Å². The molecular weight excluding hydrogens is 248 g/mol. The van der Waals surface area contributed by atoms with Gasteiger partial charge < -0.3 is 10.0 Å². The minimum atomic E-state index is -0.308. The summed E-state index contributed by atoms with van der Waals surface area (Å²) in [7, 11) is 0. The number of amides is 1. The lowest BCUT2D eigenvalue weighted by Gasteiger charge is -2.19. The average Bonchev–Trinajstić information content (AvgIpc) is 2.98. The van der Waals surface area contributed by atoms with Gasteiger partial charge in [-0.3, -0.25) is 4.79 Å². The zero-order valence-corrected chi connectivity index (χ0v) is 10.5. The molecule has 8 heteroatoms. The monoisotopic (exact) mass is 262 g/mol. The summed E-state index contributed by atoms with van der Waals surface area (Å²) in [4.78, 5) is 23.2. The summed E-state index contributed by atoms with van der Waals surface area (Å²) in [5, 5.41) is 16.8. The number of aliphatic hydroxyl groups excluding tert-OH is 1. The Hall–Kier alpha value is -2.35. The molecule has 0 aromatic carbocycles. The van der Waals surface area contributed by atoms with Crippen LogP contribution in [0, 0.1) is 0 Å². The van der Waals surface area contributed by atoms with E-state index in [0.717, 1.165) is 0 Å². The maximum Gasteiger partial charge on any atom is 0.276 e. The zero-order valence-electron chi connectivity index (χ0n) is 10.5. The van der Waals surface area contributed by atoms with Gasteiger partial charge in [0.2, 0.25) is 5.82 Å². The second-order valence-corrected chi connectivity index (χ2v) is 3.66. The number of rotatable bonds is 5. The largest absolute Gasteiger partial charge is 0.395 e. The first kappa shape index (κ1) is 13.1. The maximum absolute atomic E-state index is 12.3. The van der Waals surface area contributed by atoms with Crippen LogP contribution in [0.2, 0.25) is 0 Å². The predicted molar refractivity (Wildman–Crippen MR) is 65.6 cm³/mol. The molecular formula is C11H14N6O2. The van der Waals surface area contributed by atoms with Crippen molar-refractivity contribution in [3.05, 3.63) is 30.5 Å². The Morgan fingerprint density at radius 3 is 2.58 bits per heavy atom. The fourth-order valence-corrected chi connectivity index (χ4v) is 1.63. The molecule has 0 aliphatic carbocycles. The number of nitrogens with zero attached hydrogens (tertiary/aromatic N) is 6. The van der Waals surface area contributed by atoms with Crippen LogP contribution in [0.3, 0.4) is 0 Å². The van der Waals surface area contributed by atoms with E-state index in [1.54, 1.807) is 0 Å². The van der Waals surface area contributed by atoms with Crippen LogP contribution < -0.4 is 0 Å². The van der Waals surface area contributed by atoms with Gasteiger partial charge in [-0.2, -0.15) is 10.2 Å². The molecule has 100 valence electrons. The second kappa shape index (κ2) is 6.01. The lowest BCUT2D eigenvalue weighted by Crippen LogP contribution is -2.35. The third-order valence-corrected chi connectivity index (χ3v) is 2.53. The molecule has 2 rings (SSSR count). The van der Waals surface area contributed by atoms with Gasteiger partial charge in [0, 0.05) is 25.5 Å². The molecule has 0 atom stereocenters. The quantitative estimate of drug-likeness (QED) is 0.781. The van der Waals surface area contributed by atoms with Crippen molar-refractivity contribution in [1.29, 1.82) is 0 Å². The Labute approximate surface area is 109 Å². The van der Waals surface area contributed by atoms with Crippen molar-refractivity contribution < 1.29 is 9.90 Å². The minimum Gasteiger partial charge on any atom is -0.395 e. The summed E-state index contributed by atoms with van der Waals surface area (Å²) in [6, 6.07) is 0. The van der Waals surface area contributed by atoms with Crippen molar-refractivity contribution in [2.45, 2.75) is 6.92 Å². The van der Waals surface area contributed by atoms with Crippen molar-refractivity contribution in [3.63, 3.8) is 0 Å². The SMILES string of the molecule is CCN(CCO)C(=O)c1nccnc1-n1nccn1.